The van der Waals surface area contributed by atoms with Crippen molar-refractivity contribution in [1.82, 2.24) is 0 Å². The Bertz CT molecular complexity index is 1110. The van der Waals surface area contributed by atoms with Gasteiger partial charge in [0.05, 0.1) is 0 Å². The molecule has 5 rings (SSSR count). The Labute approximate surface area is 182 Å². The molecule has 2 aliphatic carbocycles. The number of aryl methyl sites for hydroxylation is 1. The van der Waals surface area contributed by atoms with E-state index in [1.807, 2.05) is 61.5 Å². The smallest absolute Gasteiger partial charge is 0.228 e. The molecule has 4 heteroatoms. The van der Waals surface area contributed by atoms with Gasteiger partial charge >= 0.3 is 0 Å². The molecule has 2 saturated carbocycles. The molecule has 4 nitrogen and oxygen atoms in total. The highest BCUT2D eigenvalue weighted by atomic mass is 16.2. The summed E-state index contributed by atoms with van der Waals surface area (Å²) in [6.07, 6.45) is 1.77. The average Bonchev–Trinajstić information content (AvgIpc) is 3.70. The highest BCUT2D eigenvalue weighted by Gasteiger charge is 2.44. The summed E-state index contributed by atoms with van der Waals surface area (Å²) in [5.41, 5.74) is 4.91. The van der Waals surface area contributed by atoms with Gasteiger partial charge in [0.2, 0.25) is 11.8 Å². The highest BCUT2D eigenvalue weighted by molar-refractivity contribution is 5.98. The zero-order chi connectivity index (χ0) is 21.4. The van der Waals surface area contributed by atoms with Crippen LogP contribution >= 0.6 is 0 Å². The molecular formula is C27H26N2O2. The number of amides is 2. The van der Waals surface area contributed by atoms with E-state index in [9.17, 15) is 9.59 Å². The molecule has 0 heterocycles. The van der Waals surface area contributed by atoms with Crippen molar-refractivity contribution in [2.75, 3.05) is 10.6 Å². The largest absolute Gasteiger partial charge is 0.326 e. The van der Waals surface area contributed by atoms with Gasteiger partial charge in [-0.1, -0.05) is 66.7 Å². The van der Waals surface area contributed by atoms with Crippen LogP contribution < -0.4 is 10.6 Å². The summed E-state index contributed by atoms with van der Waals surface area (Å²) in [6.45, 7) is 1.97. The molecule has 0 aromatic heterocycles. The van der Waals surface area contributed by atoms with Crippen molar-refractivity contribution in [2.24, 2.45) is 11.8 Å². The lowest BCUT2D eigenvalue weighted by Crippen LogP contribution is -2.17. The zero-order valence-electron chi connectivity index (χ0n) is 17.5. The third-order valence-electron chi connectivity index (χ3n) is 6.47. The normalized spacial score (nSPS) is 23.6. The van der Waals surface area contributed by atoms with Crippen molar-refractivity contribution >= 4 is 23.2 Å². The number of hydrogen-bond acceptors (Lipinski definition) is 2. The maximum atomic E-state index is 12.8. The first-order valence-electron chi connectivity index (χ1n) is 10.9. The topological polar surface area (TPSA) is 58.2 Å². The fourth-order valence-corrected chi connectivity index (χ4v) is 4.40. The average molecular weight is 411 g/mol. The van der Waals surface area contributed by atoms with Crippen molar-refractivity contribution in [2.45, 2.75) is 31.6 Å². The molecule has 2 N–H and O–H groups in total. The van der Waals surface area contributed by atoms with E-state index in [0.29, 0.717) is 11.8 Å². The molecule has 2 fully saturated rings. The van der Waals surface area contributed by atoms with E-state index < -0.39 is 0 Å². The Morgan fingerprint density at radius 2 is 1.23 bits per heavy atom. The van der Waals surface area contributed by atoms with Gasteiger partial charge in [0.15, 0.2) is 0 Å². The van der Waals surface area contributed by atoms with Crippen LogP contribution in [0.15, 0.2) is 78.9 Å². The van der Waals surface area contributed by atoms with E-state index >= 15 is 0 Å². The molecule has 0 spiro atoms. The van der Waals surface area contributed by atoms with Gasteiger partial charge in [-0.15, -0.1) is 0 Å². The Morgan fingerprint density at radius 3 is 1.77 bits per heavy atom. The van der Waals surface area contributed by atoms with Gasteiger partial charge in [-0.3, -0.25) is 9.59 Å². The minimum absolute atomic E-state index is 0.0122. The van der Waals surface area contributed by atoms with Crippen LogP contribution in [0.1, 0.15) is 41.4 Å². The third kappa shape index (κ3) is 4.24. The zero-order valence-corrected chi connectivity index (χ0v) is 17.5. The second kappa shape index (κ2) is 8.03. The molecule has 3 aromatic carbocycles. The van der Waals surface area contributed by atoms with E-state index in [4.69, 9.17) is 0 Å². The molecule has 0 radical (unpaired) electrons. The van der Waals surface area contributed by atoms with Crippen LogP contribution in [0.2, 0.25) is 0 Å². The van der Waals surface area contributed by atoms with Crippen LogP contribution in [0.25, 0.3) is 0 Å². The van der Waals surface area contributed by atoms with Gasteiger partial charge in [-0.2, -0.15) is 0 Å². The number of carbonyl (C=O) groups excluding carboxylic acids is 2. The summed E-state index contributed by atoms with van der Waals surface area (Å²) < 4.78 is 0. The van der Waals surface area contributed by atoms with Gasteiger partial charge in [0, 0.05) is 23.2 Å². The van der Waals surface area contributed by atoms with Gasteiger partial charge in [0.25, 0.3) is 0 Å². The fourth-order valence-electron chi connectivity index (χ4n) is 4.40. The number of rotatable bonds is 6. The number of carbonyl (C=O) groups is 2. The predicted octanol–water partition coefficient (Wildman–Crippen LogP) is 5.48. The first-order chi connectivity index (χ1) is 15.1. The summed E-state index contributed by atoms with van der Waals surface area (Å²) in [5, 5.41) is 6.11. The van der Waals surface area contributed by atoms with Crippen LogP contribution in [-0.2, 0) is 9.59 Å². The molecule has 31 heavy (non-hydrogen) atoms. The lowest BCUT2D eigenvalue weighted by atomic mass is 10.1. The van der Waals surface area contributed by atoms with Crippen LogP contribution in [-0.4, -0.2) is 11.8 Å². The van der Waals surface area contributed by atoms with Gasteiger partial charge in [-0.25, -0.2) is 0 Å². The Hall–Kier alpha value is -3.40. The summed E-state index contributed by atoms with van der Waals surface area (Å²) >= 11 is 0. The van der Waals surface area contributed by atoms with Crippen LogP contribution in [0.4, 0.5) is 11.4 Å². The van der Waals surface area contributed by atoms with Crippen molar-refractivity contribution in [3.05, 3.63) is 95.6 Å². The van der Waals surface area contributed by atoms with Crippen molar-refractivity contribution in [3.63, 3.8) is 0 Å². The molecular weight excluding hydrogens is 384 g/mol. The highest BCUT2D eigenvalue weighted by Crippen LogP contribution is 2.49. The standard InChI is InChI=1S/C27H26N2O2/c1-17-12-13-20(28-26(30)23-15-21(23)18-8-4-2-5-9-18)14-25(17)29-27(31)24-16-22(24)19-10-6-3-7-11-19/h2-14,21-24H,15-16H2,1H3,(H,28,30)(H,29,31)/t21-,22-,23-,24-/m1/s1. The Morgan fingerprint density at radius 1 is 0.710 bits per heavy atom. The van der Waals surface area contributed by atoms with E-state index in [1.165, 1.54) is 11.1 Å². The number of anilines is 2. The molecule has 2 amide bonds. The van der Waals surface area contributed by atoms with Gasteiger partial charge in [-0.05, 0) is 60.4 Å². The predicted molar refractivity (Wildman–Crippen MR) is 123 cm³/mol. The van der Waals surface area contributed by atoms with Gasteiger partial charge < -0.3 is 10.6 Å². The summed E-state index contributed by atoms with van der Waals surface area (Å²) in [4.78, 5) is 25.5. The van der Waals surface area contributed by atoms with Gasteiger partial charge in [0.1, 0.15) is 0 Å². The van der Waals surface area contributed by atoms with E-state index in [1.54, 1.807) is 0 Å². The second-order valence-corrected chi connectivity index (χ2v) is 8.73. The lowest BCUT2D eigenvalue weighted by Gasteiger charge is -2.12. The minimum atomic E-state index is 0.0122. The van der Waals surface area contributed by atoms with Crippen LogP contribution in [0.5, 0.6) is 0 Å². The number of nitrogens with one attached hydrogen (secondary N) is 2. The Balaban J connectivity index is 1.21. The fraction of sp³-hybridized carbons (Fsp3) is 0.259. The third-order valence-corrected chi connectivity index (χ3v) is 6.47. The van der Waals surface area contributed by atoms with E-state index in [-0.39, 0.29) is 23.7 Å². The molecule has 2 aliphatic rings. The van der Waals surface area contributed by atoms with Crippen molar-refractivity contribution < 1.29 is 9.59 Å². The van der Waals surface area contributed by atoms with Crippen LogP contribution in [0.3, 0.4) is 0 Å². The van der Waals surface area contributed by atoms with E-state index in [2.05, 4.69) is 34.9 Å². The van der Waals surface area contributed by atoms with Crippen LogP contribution in [0, 0.1) is 18.8 Å². The molecule has 4 atom stereocenters. The quantitative estimate of drug-likeness (QED) is 0.565. The minimum Gasteiger partial charge on any atom is -0.326 e. The van der Waals surface area contributed by atoms with E-state index in [0.717, 1.165) is 29.8 Å². The molecule has 0 bridgehead atoms. The first kappa shape index (κ1) is 19.6. The number of hydrogen-bond donors (Lipinski definition) is 2. The maximum absolute atomic E-state index is 12.8. The monoisotopic (exact) mass is 410 g/mol. The maximum Gasteiger partial charge on any atom is 0.228 e. The second-order valence-electron chi connectivity index (χ2n) is 8.73. The summed E-state index contributed by atoms with van der Waals surface area (Å²) in [6, 6.07) is 26.1. The first-order valence-corrected chi connectivity index (χ1v) is 10.9. The number of benzene rings is 3. The Kier molecular flexibility index (Phi) is 5.06. The summed E-state index contributed by atoms with van der Waals surface area (Å²) in [7, 11) is 0. The lowest BCUT2D eigenvalue weighted by molar-refractivity contribution is -0.118. The molecule has 0 unspecified atom stereocenters. The SMILES string of the molecule is Cc1ccc(NC(=O)[C@@H]2C[C@@H]2c2ccccc2)cc1NC(=O)[C@@H]1C[C@@H]1c1ccccc1. The molecule has 0 saturated heterocycles. The van der Waals surface area contributed by atoms with Crippen molar-refractivity contribution in [3.8, 4) is 0 Å². The molecule has 3 aromatic rings. The summed E-state index contributed by atoms with van der Waals surface area (Å²) in [5.74, 6) is 0.718. The molecule has 156 valence electrons. The molecule has 0 aliphatic heterocycles. The van der Waals surface area contributed by atoms with Crippen molar-refractivity contribution in [1.29, 1.82) is 0 Å².